The normalized spacial score (nSPS) is 11.4. The molecule has 10 heteroatoms. The molecule has 0 saturated carbocycles. The minimum atomic E-state index is -3.26. The van der Waals surface area contributed by atoms with E-state index in [1.54, 1.807) is 0 Å². The van der Waals surface area contributed by atoms with Crippen molar-refractivity contribution in [2.75, 3.05) is 21.3 Å². The molecule has 0 aromatic heterocycles. The summed E-state index contributed by atoms with van der Waals surface area (Å²) in [5.41, 5.74) is -1.29. The van der Waals surface area contributed by atoms with Gasteiger partial charge in [-0.1, -0.05) is 0 Å². The molecule has 0 N–H and O–H groups in total. The molecule has 102 valence electrons. The molecule has 0 radical (unpaired) electrons. The molecule has 0 unspecified atom stereocenters. The Morgan fingerprint density at radius 2 is 0.895 bits per heavy atom. The topological polar surface area (TPSA) is 27.7 Å². The fraction of sp³-hybridized carbons (Fsp3) is 0.333. The van der Waals surface area contributed by atoms with Crippen LogP contribution in [0.25, 0.3) is 0 Å². The van der Waals surface area contributed by atoms with Gasteiger partial charge in [0.25, 0.3) is 0 Å². The van der Waals surface area contributed by atoms with Crippen LogP contribution in [-0.2, 0) is 14.0 Å². The van der Waals surface area contributed by atoms with Crippen molar-refractivity contribution in [3.05, 3.63) is 29.1 Å². The van der Waals surface area contributed by atoms with Crippen molar-refractivity contribution in [2.45, 2.75) is 0 Å². The molecule has 0 amide bonds. The second-order valence-corrected chi connectivity index (χ2v) is 3.33. The van der Waals surface area contributed by atoms with E-state index >= 15 is 0 Å². The van der Waals surface area contributed by atoms with E-state index in [2.05, 4.69) is 14.0 Å². The van der Waals surface area contributed by atoms with E-state index in [-0.39, 0.29) is 18.9 Å². The van der Waals surface area contributed by atoms with Gasteiger partial charge in [0.1, 0.15) is 11.6 Å². The molecule has 0 spiro atoms. The van der Waals surface area contributed by atoms with Crippen molar-refractivity contribution < 1.29 is 54.8 Å². The third-order valence-corrected chi connectivity index (χ3v) is 2.53. The summed E-state index contributed by atoms with van der Waals surface area (Å²) in [5.74, 6) is -10.6. The van der Waals surface area contributed by atoms with E-state index in [4.69, 9.17) is 0 Å². The third kappa shape index (κ3) is 2.80. The smallest absolute Gasteiger partial charge is 0.543 e. The van der Waals surface area contributed by atoms with Crippen LogP contribution in [-0.4, -0.2) is 28.1 Å². The minimum absolute atomic E-state index is 0. The van der Waals surface area contributed by atoms with Crippen LogP contribution in [0.2, 0.25) is 0 Å². The Morgan fingerprint density at radius 1 is 0.632 bits per heavy atom. The molecule has 0 saturated heterocycles. The number of benzene rings is 1. The Morgan fingerprint density at radius 3 is 1.16 bits per heavy atom. The van der Waals surface area contributed by atoms with E-state index in [1.807, 2.05) is 0 Å². The van der Waals surface area contributed by atoms with Crippen LogP contribution in [0.5, 0.6) is 0 Å². The molecule has 0 bridgehead atoms. The largest absolute Gasteiger partial charge is 1.00 e. The van der Waals surface area contributed by atoms with Gasteiger partial charge in [-0.05, 0) is 26.8 Å². The molecule has 0 atom stereocenters. The van der Waals surface area contributed by atoms with Crippen LogP contribution in [0.15, 0.2) is 0 Å². The molecule has 0 aliphatic rings. The quantitative estimate of drug-likeness (QED) is 0.289. The summed E-state index contributed by atoms with van der Waals surface area (Å²) in [6, 6.07) is 0. The maximum Gasteiger partial charge on any atom is 1.00 e. The predicted octanol–water partition coefficient (Wildman–Crippen LogP) is -1.53. The average Bonchev–Trinajstić information content (AvgIpc) is 2.39. The molecular formula is C9H9BF5LiO3. The van der Waals surface area contributed by atoms with Gasteiger partial charge >= 0.3 is 25.6 Å². The first-order valence-corrected chi connectivity index (χ1v) is 4.67. The van der Waals surface area contributed by atoms with E-state index in [9.17, 15) is 22.0 Å². The van der Waals surface area contributed by atoms with E-state index in [0.29, 0.717) is 0 Å². The van der Waals surface area contributed by atoms with Gasteiger partial charge in [0.2, 0.25) is 0 Å². The van der Waals surface area contributed by atoms with Gasteiger partial charge in [0.05, 0.1) is 0 Å². The Labute approximate surface area is 118 Å². The molecule has 0 fully saturated rings. The molecule has 0 aliphatic heterocycles. The molecular weight excluding hydrogens is 269 g/mol. The number of rotatable bonds is 4. The van der Waals surface area contributed by atoms with E-state index < -0.39 is 41.3 Å². The van der Waals surface area contributed by atoms with Crippen molar-refractivity contribution in [1.29, 1.82) is 0 Å². The maximum atomic E-state index is 13.5. The van der Waals surface area contributed by atoms with Crippen LogP contribution in [0.3, 0.4) is 0 Å². The Kier molecular flexibility index (Phi) is 6.52. The second-order valence-electron chi connectivity index (χ2n) is 3.33. The summed E-state index contributed by atoms with van der Waals surface area (Å²) in [6.45, 7) is -3.26. The zero-order valence-electron chi connectivity index (χ0n) is 10.7. The molecule has 0 heterocycles. The SMILES string of the molecule is CO[B-](OC)(OC)c1c(F)c(F)c(F)c(F)c1F.[Li+]. The van der Waals surface area contributed by atoms with Crippen LogP contribution in [0.4, 0.5) is 22.0 Å². The molecule has 3 nitrogen and oxygen atoms in total. The summed E-state index contributed by atoms with van der Waals surface area (Å²) < 4.78 is 79.8. The first kappa shape index (κ1) is 18.4. The van der Waals surface area contributed by atoms with E-state index in [0.717, 1.165) is 21.3 Å². The number of halogens is 5. The van der Waals surface area contributed by atoms with Crippen LogP contribution in [0, 0.1) is 29.1 Å². The second kappa shape index (κ2) is 6.72. The van der Waals surface area contributed by atoms with Gasteiger partial charge in [-0.3, -0.25) is 0 Å². The summed E-state index contributed by atoms with van der Waals surface area (Å²) in [7, 11) is 2.85. The van der Waals surface area contributed by atoms with Gasteiger partial charge in [0.15, 0.2) is 17.5 Å². The molecule has 1 aromatic rings. The van der Waals surface area contributed by atoms with Crippen molar-refractivity contribution in [2.24, 2.45) is 0 Å². The van der Waals surface area contributed by atoms with Gasteiger partial charge in [0, 0.05) is 0 Å². The molecule has 0 aliphatic carbocycles. The molecule has 19 heavy (non-hydrogen) atoms. The molecule has 1 rings (SSSR count). The summed E-state index contributed by atoms with van der Waals surface area (Å²) >= 11 is 0. The van der Waals surface area contributed by atoms with Crippen molar-refractivity contribution in [3.8, 4) is 0 Å². The fourth-order valence-electron chi connectivity index (χ4n) is 1.57. The Balaban J connectivity index is 0.00000324. The first-order valence-electron chi connectivity index (χ1n) is 4.67. The van der Waals surface area contributed by atoms with Crippen LogP contribution in [0.1, 0.15) is 0 Å². The van der Waals surface area contributed by atoms with Crippen LogP contribution < -0.4 is 24.3 Å². The summed E-state index contributed by atoms with van der Waals surface area (Å²) in [6.07, 6.45) is 0. The van der Waals surface area contributed by atoms with Crippen LogP contribution >= 0.6 is 0 Å². The Hall–Kier alpha value is -0.588. The third-order valence-electron chi connectivity index (χ3n) is 2.53. The minimum Gasteiger partial charge on any atom is -0.543 e. The summed E-state index contributed by atoms with van der Waals surface area (Å²) in [4.78, 5) is 0. The number of hydrogen-bond donors (Lipinski definition) is 0. The van der Waals surface area contributed by atoms with Crippen molar-refractivity contribution >= 4 is 12.2 Å². The zero-order valence-corrected chi connectivity index (χ0v) is 10.7. The standard InChI is InChI=1S/C9H9BF5O3.Li/c1-16-10(17-2,18-3)4-5(11)7(13)9(15)8(14)6(4)12;/h1-3H3;/q-1;+1. The summed E-state index contributed by atoms with van der Waals surface area (Å²) in [5, 5.41) is 0. The fourth-order valence-corrected chi connectivity index (χ4v) is 1.57. The zero-order chi connectivity index (χ0) is 14.1. The predicted molar refractivity (Wildman–Crippen MR) is 52.6 cm³/mol. The van der Waals surface area contributed by atoms with Gasteiger partial charge in [-0.15, -0.1) is 0 Å². The number of hydrogen-bond acceptors (Lipinski definition) is 3. The Bertz CT molecular complexity index is 432. The average molecular weight is 278 g/mol. The first-order chi connectivity index (χ1) is 8.36. The van der Waals surface area contributed by atoms with Gasteiger partial charge < -0.3 is 14.0 Å². The van der Waals surface area contributed by atoms with Gasteiger partial charge in [-0.25, -0.2) is 22.0 Å². The van der Waals surface area contributed by atoms with Gasteiger partial charge in [-0.2, -0.15) is 0 Å². The van der Waals surface area contributed by atoms with Crippen molar-refractivity contribution in [1.82, 2.24) is 0 Å². The van der Waals surface area contributed by atoms with E-state index in [1.165, 1.54) is 0 Å². The molecule has 1 aromatic carbocycles. The maximum absolute atomic E-state index is 13.5. The monoisotopic (exact) mass is 278 g/mol. The van der Waals surface area contributed by atoms with Crippen molar-refractivity contribution in [3.63, 3.8) is 0 Å².